The minimum atomic E-state index is 0.346. The average Bonchev–Trinajstić information content (AvgIpc) is 3.54. The molecule has 0 saturated carbocycles. The zero-order valence-corrected chi connectivity index (χ0v) is 18.1. The second kappa shape index (κ2) is 6.98. The van der Waals surface area contributed by atoms with Crippen molar-refractivity contribution in [2.75, 3.05) is 20.2 Å². The number of likely N-dealkylation sites (tertiary alicyclic amines) is 1. The summed E-state index contributed by atoms with van der Waals surface area (Å²) in [6.45, 7) is 4.05. The van der Waals surface area contributed by atoms with Crippen LogP contribution in [-0.2, 0) is 0 Å². The van der Waals surface area contributed by atoms with E-state index in [0.717, 1.165) is 49.2 Å². The first kappa shape index (κ1) is 19.1. The van der Waals surface area contributed by atoms with Crippen molar-refractivity contribution >= 4 is 5.52 Å². The molecular formula is C23H24N8O. The number of hydrogen-bond donors (Lipinski definition) is 0. The number of fused-ring (bicyclic) bond motifs is 3. The zero-order chi connectivity index (χ0) is 22.0. The molecule has 0 N–H and O–H groups in total. The number of nitriles is 2. The molecule has 6 heterocycles. The highest BCUT2D eigenvalue weighted by Crippen LogP contribution is 2.42. The van der Waals surface area contributed by atoms with E-state index < -0.39 is 0 Å². The molecule has 3 aromatic heterocycles. The maximum atomic E-state index is 9.45. The quantitative estimate of drug-likeness (QED) is 0.588. The van der Waals surface area contributed by atoms with E-state index >= 15 is 0 Å². The van der Waals surface area contributed by atoms with Gasteiger partial charge in [0.2, 0.25) is 0 Å². The summed E-state index contributed by atoms with van der Waals surface area (Å²) in [6, 6.07) is 5.80. The molecule has 9 heteroatoms. The molecule has 2 bridgehead atoms. The number of hydrogen-bond acceptors (Lipinski definition) is 7. The van der Waals surface area contributed by atoms with Crippen LogP contribution >= 0.6 is 0 Å². The van der Waals surface area contributed by atoms with Gasteiger partial charge in [-0.15, -0.1) is 0 Å². The number of methoxy groups -OCH3 is 1. The predicted octanol–water partition coefficient (Wildman–Crippen LogP) is 2.33. The van der Waals surface area contributed by atoms with Gasteiger partial charge in [0.1, 0.15) is 22.9 Å². The fourth-order valence-corrected chi connectivity index (χ4v) is 5.96. The van der Waals surface area contributed by atoms with Crippen molar-refractivity contribution in [3.05, 3.63) is 35.9 Å². The van der Waals surface area contributed by atoms with Crippen LogP contribution < -0.4 is 4.74 Å². The second-order valence-electron chi connectivity index (χ2n) is 9.07. The molecule has 6 rings (SSSR count). The molecule has 32 heavy (non-hydrogen) atoms. The third-order valence-electron chi connectivity index (χ3n) is 7.60. The number of ether oxygens (including phenoxy) is 1. The average molecular weight is 429 g/mol. The first-order valence-corrected chi connectivity index (χ1v) is 11.0. The molecule has 0 aromatic carbocycles. The third kappa shape index (κ3) is 2.58. The summed E-state index contributed by atoms with van der Waals surface area (Å²) >= 11 is 0. The van der Waals surface area contributed by atoms with E-state index in [-0.39, 0.29) is 0 Å². The molecule has 3 aliphatic rings. The first-order valence-electron chi connectivity index (χ1n) is 11.0. The van der Waals surface area contributed by atoms with E-state index in [4.69, 9.17) is 9.84 Å². The standard InChI is InChI=1S/C23H24N8O/c1-14-19(15-5-22(32-2)23-16(7-24)8-26-30(23)10-15)9-27-31(14)18-11-28(12-18)21-6-17-3-4-20(21)29(17)13-25/h5,8-10,17-18,20-21H,3-4,6,11-12H2,1-2H3/t17?,20?,21-/m1/s1. The summed E-state index contributed by atoms with van der Waals surface area (Å²) in [4.78, 5) is 4.56. The largest absolute Gasteiger partial charge is 0.494 e. The van der Waals surface area contributed by atoms with E-state index in [1.54, 1.807) is 17.8 Å². The summed E-state index contributed by atoms with van der Waals surface area (Å²) in [5, 5.41) is 27.8. The van der Waals surface area contributed by atoms with E-state index in [1.807, 2.05) is 23.4 Å². The van der Waals surface area contributed by atoms with Crippen molar-refractivity contribution in [1.82, 2.24) is 29.2 Å². The van der Waals surface area contributed by atoms with Crippen molar-refractivity contribution in [1.29, 1.82) is 10.5 Å². The Morgan fingerprint density at radius 1 is 1.09 bits per heavy atom. The van der Waals surface area contributed by atoms with Crippen molar-refractivity contribution in [3.8, 4) is 29.1 Å². The first-order chi connectivity index (χ1) is 15.6. The summed E-state index contributed by atoms with van der Waals surface area (Å²) in [6.07, 6.45) is 11.2. The van der Waals surface area contributed by atoms with Crippen LogP contribution in [0.15, 0.2) is 24.7 Å². The lowest BCUT2D eigenvalue weighted by atomic mass is 9.91. The summed E-state index contributed by atoms with van der Waals surface area (Å²) < 4.78 is 9.38. The van der Waals surface area contributed by atoms with Crippen LogP contribution in [0.1, 0.15) is 36.6 Å². The Labute approximate surface area is 186 Å². The predicted molar refractivity (Wildman–Crippen MR) is 116 cm³/mol. The molecule has 0 amide bonds. The van der Waals surface area contributed by atoms with E-state index in [9.17, 15) is 10.5 Å². The second-order valence-corrected chi connectivity index (χ2v) is 9.07. The van der Waals surface area contributed by atoms with Crippen LogP contribution in [0, 0.1) is 29.7 Å². The van der Waals surface area contributed by atoms with Gasteiger partial charge in [-0.2, -0.15) is 20.7 Å². The van der Waals surface area contributed by atoms with Crippen LogP contribution in [0.4, 0.5) is 0 Å². The third-order valence-corrected chi connectivity index (χ3v) is 7.60. The van der Waals surface area contributed by atoms with E-state index in [1.165, 1.54) is 0 Å². The summed E-state index contributed by atoms with van der Waals surface area (Å²) in [5.41, 5.74) is 4.27. The Morgan fingerprint density at radius 2 is 1.94 bits per heavy atom. The maximum absolute atomic E-state index is 9.45. The van der Waals surface area contributed by atoms with Crippen LogP contribution in [0.2, 0.25) is 0 Å². The van der Waals surface area contributed by atoms with Gasteiger partial charge in [0.25, 0.3) is 0 Å². The minimum Gasteiger partial charge on any atom is -0.494 e. The highest BCUT2D eigenvalue weighted by Gasteiger charge is 2.50. The van der Waals surface area contributed by atoms with Gasteiger partial charge in [0.05, 0.1) is 31.6 Å². The van der Waals surface area contributed by atoms with Gasteiger partial charge in [-0.25, -0.2) is 4.52 Å². The van der Waals surface area contributed by atoms with Crippen molar-refractivity contribution in [2.45, 2.75) is 50.4 Å². The van der Waals surface area contributed by atoms with Gasteiger partial charge in [0, 0.05) is 48.2 Å². The maximum Gasteiger partial charge on any atom is 0.179 e. The zero-order valence-electron chi connectivity index (χ0n) is 18.1. The lowest BCUT2D eigenvalue weighted by Crippen LogP contribution is -2.56. The normalized spacial score (nSPS) is 25.1. The number of aromatic nitrogens is 4. The molecule has 3 fully saturated rings. The lowest BCUT2D eigenvalue weighted by Gasteiger charge is -2.45. The molecule has 0 aliphatic carbocycles. The fraction of sp³-hybridized carbons (Fsp3) is 0.478. The molecule has 9 nitrogen and oxygen atoms in total. The Bertz CT molecular complexity index is 1290. The monoisotopic (exact) mass is 428 g/mol. The molecule has 3 aromatic rings. The van der Waals surface area contributed by atoms with Crippen LogP contribution in [-0.4, -0.2) is 67.5 Å². The van der Waals surface area contributed by atoms with Gasteiger partial charge in [-0.3, -0.25) is 9.58 Å². The van der Waals surface area contributed by atoms with Gasteiger partial charge >= 0.3 is 0 Å². The topological polar surface area (TPSA) is 98.4 Å². The smallest absolute Gasteiger partial charge is 0.179 e. The Morgan fingerprint density at radius 3 is 2.66 bits per heavy atom. The highest BCUT2D eigenvalue weighted by molar-refractivity contribution is 5.75. The van der Waals surface area contributed by atoms with E-state index in [0.29, 0.717) is 41.0 Å². The molecule has 162 valence electrons. The molecule has 0 spiro atoms. The van der Waals surface area contributed by atoms with Crippen molar-refractivity contribution < 1.29 is 4.74 Å². The van der Waals surface area contributed by atoms with Crippen molar-refractivity contribution in [3.63, 3.8) is 0 Å². The SMILES string of the molecule is COc1cc(-c2cnn(C3CN([C@@H]4CC5CCC4N5C#N)C3)c2C)cn2ncc(C#N)c12. The highest BCUT2D eigenvalue weighted by atomic mass is 16.5. The summed E-state index contributed by atoms with van der Waals surface area (Å²) in [5.74, 6) is 0.622. The van der Waals surface area contributed by atoms with Crippen LogP contribution in [0.3, 0.4) is 0 Å². The van der Waals surface area contributed by atoms with Crippen LogP contribution in [0.25, 0.3) is 16.6 Å². The van der Waals surface area contributed by atoms with Crippen LogP contribution in [0.5, 0.6) is 5.75 Å². The Balaban J connectivity index is 1.24. The van der Waals surface area contributed by atoms with Gasteiger partial charge in [0.15, 0.2) is 6.19 Å². The number of rotatable bonds is 4. The fourth-order valence-electron chi connectivity index (χ4n) is 5.96. The molecule has 3 atom stereocenters. The number of nitrogens with zero attached hydrogens (tertiary/aromatic N) is 8. The molecule has 3 saturated heterocycles. The van der Waals surface area contributed by atoms with Gasteiger partial charge in [-0.1, -0.05) is 0 Å². The lowest BCUT2D eigenvalue weighted by molar-refractivity contribution is 0.0368. The van der Waals surface area contributed by atoms with Gasteiger partial charge < -0.3 is 9.64 Å². The Kier molecular flexibility index (Phi) is 4.17. The summed E-state index contributed by atoms with van der Waals surface area (Å²) in [7, 11) is 1.61. The molecule has 0 radical (unpaired) electrons. The molecule has 3 aliphatic heterocycles. The van der Waals surface area contributed by atoms with Crippen molar-refractivity contribution in [2.24, 2.45) is 0 Å². The Hall–Kier alpha value is -3.56. The van der Waals surface area contributed by atoms with E-state index in [2.05, 4.69) is 33.9 Å². The molecule has 2 unspecified atom stereocenters. The van der Waals surface area contributed by atoms with Gasteiger partial charge in [-0.05, 0) is 32.3 Å². The minimum absolute atomic E-state index is 0.346. The number of pyridine rings is 1. The molecular weight excluding hydrogens is 404 g/mol.